The summed E-state index contributed by atoms with van der Waals surface area (Å²) in [5, 5.41) is 0. The van der Waals surface area contributed by atoms with E-state index in [1.165, 1.54) is 0 Å². The molecular weight excluding hydrogens is 250 g/mol. The van der Waals surface area contributed by atoms with Crippen LogP contribution in [0.15, 0.2) is 12.3 Å². The number of aromatic nitrogens is 1. The van der Waals surface area contributed by atoms with Crippen molar-refractivity contribution in [2.45, 2.75) is 19.9 Å². The summed E-state index contributed by atoms with van der Waals surface area (Å²) in [6, 6.07) is 2.02. The van der Waals surface area contributed by atoms with Crippen molar-refractivity contribution in [2.24, 2.45) is 5.73 Å². The Labute approximate surface area is 108 Å². The maximum Gasteiger partial charge on any atom is 0.152 e. The van der Waals surface area contributed by atoms with Crippen molar-refractivity contribution in [1.29, 1.82) is 0 Å². The number of sulfone groups is 1. The Bertz CT molecular complexity index is 528. The van der Waals surface area contributed by atoms with Crippen molar-refractivity contribution in [3.05, 3.63) is 23.4 Å². The Balaban J connectivity index is 2.21. The number of aryl methyl sites for hydroxylation is 1. The number of pyridine rings is 1. The van der Waals surface area contributed by atoms with E-state index in [0.29, 0.717) is 19.5 Å². The molecule has 0 aromatic carbocycles. The van der Waals surface area contributed by atoms with E-state index in [4.69, 9.17) is 5.73 Å². The van der Waals surface area contributed by atoms with Crippen LogP contribution in [0.5, 0.6) is 0 Å². The van der Waals surface area contributed by atoms with Crippen molar-refractivity contribution >= 4 is 15.7 Å². The molecule has 2 N–H and O–H groups in total. The molecule has 18 heavy (non-hydrogen) atoms. The maximum absolute atomic E-state index is 11.6. The van der Waals surface area contributed by atoms with Crippen LogP contribution < -0.4 is 10.6 Å². The minimum Gasteiger partial charge on any atom is -0.355 e. The zero-order chi connectivity index (χ0) is 13.2. The molecule has 0 unspecified atom stereocenters. The van der Waals surface area contributed by atoms with Crippen molar-refractivity contribution in [2.75, 3.05) is 29.5 Å². The van der Waals surface area contributed by atoms with Gasteiger partial charge in [-0.05, 0) is 30.5 Å². The lowest BCUT2D eigenvalue weighted by Crippen LogP contribution is -2.28. The van der Waals surface area contributed by atoms with E-state index in [1.807, 2.05) is 13.0 Å². The molecule has 1 aliphatic rings. The number of nitrogens with two attached hydrogens (primary N) is 1. The predicted molar refractivity (Wildman–Crippen MR) is 72.3 cm³/mol. The standard InChI is InChI=1S/C12H19N3O2S/c1-10-7-11(8-13)9-14-12(10)15-3-2-5-18(16,17)6-4-15/h7,9H,2-6,8,13H2,1H3. The zero-order valence-electron chi connectivity index (χ0n) is 10.6. The summed E-state index contributed by atoms with van der Waals surface area (Å²) in [6.07, 6.45) is 2.43. The van der Waals surface area contributed by atoms with Gasteiger partial charge in [-0.2, -0.15) is 0 Å². The van der Waals surface area contributed by atoms with Gasteiger partial charge in [0.1, 0.15) is 5.82 Å². The average Bonchev–Trinajstić information content (AvgIpc) is 2.50. The van der Waals surface area contributed by atoms with Gasteiger partial charge in [-0.25, -0.2) is 13.4 Å². The second-order valence-corrected chi connectivity index (χ2v) is 6.98. The third-order valence-electron chi connectivity index (χ3n) is 3.20. The molecule has 0 aliphatic carbocycles. The molecule has 2 heterocycles. The molecule has 0 radical (unpaired) electrons. The number of nitrogens with zero attached hydrogens (tertiary/aromatic N) is 2. The summed E-state index contributed by atoms with van der Waals surface area (Å²) in [5.74, 6) is 1.38. The lowest BCUT2D eigenvalue weighted by molar-refractivity contribution is 0.597. The van der Waals surface area contributed by atoms with Gasteiger partial charge in [-0.3, -0.25) is 0 Å². The fraction of sp³-hybridized carbons (Fsp3) is 0.583. The lowest BCUT2D eigenvalue weighted by Gasteiger charge is -2.22. The molecule has 1 saturated heterocycles. The first-order chi connectivity index (χ1) is 8.52. The lowest BCUT2D eigenvalue weighted by atomic mass is 10.2. The molecular formula is C12H19N3O2S. The van der Waals surface area contributed by atoms with Crippen LogP contribution in [-0.4, -0.2) is 38.0 Å². The highest BCUT2D eigenvalue weighted by molar-refractivity contribution is 7.91. The molecule has 2 rings (SSSR count). The Morgan fingerprint density at radius 3 is 2.83 bits per heavy atom. The normalized spacial score (nSPS) is 19.6. The zero-order valence-corrected chi connectivity index (χ0v) is 11.4. The summed E-state index contributed by atoms with van der Waals surface area (Å²) in [7, 11) is -2.88. The summed E-state index contributed by atoms with van der Waals surface area (Å²) < 4.78 is 23.1. The molecule has 0 spiro atoms. The molecule has 5 nitrogen and oxygen atoms in total. The number of anilines is 1. The SMILES string of the molecule is Cc1cc(CN)cnc1N1CCCS(=O)(=O)CC1. The third kappa shape index (κ3) is 3.00. The van der Waals surface area contributed by atoms with Crippen molar-refractivity contribution < 1.29 is 8.42 Å². The Hall–Kier alpha value is -1.14. The van der Waals surface area contributed by atoms with Gasteiger partial charge in [0.25, 0.3) is 0 Å². The van der Waals surface area contributed by atoms with Crippen LogP contribution in [0, 0.1) is 6.92 Å². The fourth-order valence-electron chi connectivity index (χ4n) is 2.22. The van der Waals surface area contributed by atoms with Gasteiger partial charge < -0.3 is 10.6 Å². The monoisotopic (exact) mass is 269 g/mol. The third-order valence-corrected chi connectivity index (χ3v) is 4.91. The van der Waals surface area contributed by atoms with E-state index in [-0.39, 0.29) is 11.5 Å². The average molecular weight is 269 g/mol. The highest BCUT2D eigenvalue weighted by Gasteiger charge is 2.20. The summed E-state index contributed by atoms with van der Waals surface area (Å²) in [5.41, 5.74) is 7.63. The quantitative estimate of drug-likeness (QED) is 0.845. The first-order valence-electron chi connectivity index (χ1n) is 6.13. The van der Waals surface area contributed by atoms with Crippen LogP contribution in [0.25, 0.3) is 0 Å². The predicted octanol–water partition coefficient (Wildman–Crippen LogP) is 0.474. The second kappa shape index (κ2) is 5.24. The largest absolute Gasteiger partial charge is 0.355 e. The van der Waals surface area contributed by atoms with Crippen LogP contribution >= 0.6 is 0 Å². The molecule has 0 bridgehead atoms. The molecule has 1 aromatic rings. The number of hydrogen-bond acceptors (Lipinski definition) is 5. The first kappa shape index (κ1) is 13.3. The molecule has 0 amide bonds. The maximum atomic E-state index is 11.6. The Morgan fingerprint density at radius 1 is 1.39 bits per heavy atom. The van der Waals surface area contributed by atoms with Crippen LogP contribution in [0.4, 0.5) is 5.82 Å². The topological polar surface area (TPSA) is 76.3 Å². The van der Waals surface area contributed by atoms with E-state index in [1.54, 1.807) is 6.20 Å². The van der Waals surface area contributed by atoms with Gasteiger partial charge in [-0.1, -0.05) is 0 Å². The van der Waals surface area contributed by atoms with Crippen molar-refractivity contribution in [1.82, 2.24) is 4.98 Å². The molecule has 6 heteroatoms. The molecule has 1 aromatic heterocycles. The summed E-state index contributed by atoms with van der Waals surface area (Å²) in [6.45, 7) is 3.73. The van der Waals surface area contributed by atoms with Crippen LogP contribution in [0.1, 0.15) is 17.5 Å². The summed E-state index contributed by atoms with van der Waals surface area (Å²) in [4.78, 5) is 6.47. The van der Waals surface area contributed by atoms with Gasteiger partial charge >= 0.3 is 0 Å². The first-order valence-corrected chi connectivity index (χ1v) is 7.95. The van der Waals surface area contributed by atoms with E-state index < -0.39 is 9.84 Å². The van der Waals surface area contributed by atoms with E-state index in [0.717, 1.165) is 23.5 Å². The minimum absolute atomic E-state index is 0.215. The molecule has 100 valence electrons. The minimum atomic E-state index is -2.88. The van der Waals surface area contributed by atoms with Gasteiger partial charge in [0.15, 0.2) is 9.84 Å². The van der Waals surface area contributed by atoms with Crippen LogP contribution in [0.2, 0.25) is 0 Å². The number of hydrogen-bond donors (Lipinski definition) is 1. The van der Waals surface area contributed by atoms with Crippen LogP contribution in [-0.2, 0) is 16.4 Å². The highest BCUT2D eigenvalue weighted by atomic mass is 32.2. The number of rotatable bonds is 2. The van der Waals surface area contributed by atoms with Gasteiger partial charge in [0.2, 0.25) is 0 Å². The van der Waals surface area contributed by atoms with Gasteiger partial charge in [0.05, 0.1) is 11.5 Å². The molecule has 0 saturated carbocycles. The Kier molecular flexibility index (Phi) is 3.87. The molecule has 1 aliphatic heterocycles. The van der Waals surface area contributed by atoms with Crippen LogP contribution in [0.3, 0.4) is 0 Å². The highest BCUT2D eigenvalue weighted by Crippen LogP contribution is 2.20. The van der Waals surface area contributed by atoms with Crippen molar-refractivity contribution in [3.63, 3.8) is 0 Å². The van der Waals surface area contributed by atoms with E-state index in [9.17, 15) is 8.42 Å². The molecule has 1 fully saturated rings. The van der Waals surface area contributed by atoms with E-state index >= 15 is 0 Å². The second-order valence-electron chi connectivity index (χ2n) is 4.68. The van der Waals surface area contributed by atoms with Gasteiger partial charge in [0, 0.05) is 25.8 Å². The van der Waals surface area contributed by atoms with E-state index in [2.05, 4.69) is 9.88 Å². The Morgan fingerprint density at radius 2 is 2.17 bits per heavy atom. The fourth-order valence-corrected chi connectivity index (χ4v) is 3.49. The smallest absolute Gasteiger partial charge is 0.152 e. The van der Waals surface area contributed by atoms with Gasteiger partial charge in [-0.15, -0.1) is 0 Å². The van der Waals surface area contributed by atoms with Crippen molar-refractivity contribution in [3.8, 4) is 0 Å². The summed E-state index contributed by atoms with van der Waals surface area (Å²) >= 11 is 0. The molecule has 0 atom stereocenters.